The molecule has 34 heavy (non-hydrogen) atoms. The topological polar surface area (TPSA) is 95.6 Å². The summed E-state index contributed by atoms with van der Waals surface area (Å²) >= 11 is 0. The first-order valence-corrected chi connectivity index (χ1v) is 15.0. The monoisotopic (exact) mass is 505 g/mol. The number of benzene rings is 2. The van der Waals surface area contributed by atoms with Crippen molar-refractivity contribution in [2.75, 3.05) is 22.0 Å². The first kappa shape index (κ1) is 25.0. The lowest BCUT2D eigenvalue weighted by atomic mass is 9.85. The highest BCUT2D eigenvalue weighted by molar-refractivity contribution is 7.92. The Bertz CT molecular complexity index is 1170. The lowest BCUT2D eigenvalue weighted by molar-refractivity contribution is 0.305. The number of anilines is 2. The smallest absolute Gasteiger partial charge is 0.261 e. The normalized spacial score (nSPS) is 17.6. The van der Waals surface area contributed by atoms with Gasteiger partial charge >= 0.3 is 0 Å². The largest absolute Gasteiger partial charge is 0.357 e. The summed E-state index contributed by atoms with van der Waals surface area (Å²) in [5.74, 6) is 0.738. The lowest BCUT2D eigenvalue weighted by Crippen LogP contribution is -2.29. The maximum atomic E-state index is 13.2. The predicted molar refractivity (Wildman–Crippen MR) is 137 cm³/mol. The number of thiol groups is 1. The van der Waals surface area contributed by atoms with Gasteiger partial charge in [-0.05, 0) is 61.1 Å². The molecule has 0 spiro atoms. The molecule has 7 nitrogen and oxygen atoms in total. The molecule has 1 aliphatic carbocycles. The third-order valence-corrected chi connectivity index (χ3v) is 8.89. The lowest BCUT2D eigenvalue weighted by Gasteiger charge is -2.25. The fraction of sp³-hybridized carbons (Fsp3) is 0.520. The van der Waals surface area contributed by atoms with Gasteiger partial charge in [0.1, 0.15) is 5.88 Å². The molecule has 1 atom stereocenters. The Morgan fingerprint density at radius 2 is 1.85 bits per heavy atom. The number of nitrogens with one attached hydrogen (secondary N) is 2. The van der Waals surface area contributed by atoms with E-state index in [1.165, 1.54) is 32.1 Å². The Balaban J connectivity index is 1.42. The van der Waals surface area contributed by atoms with Crippen LogP contribution in [0.3, 0.4) is 0 Å². The first-order valence-electron chi connectivity index (χ1n) is 12.2. The van der Waals surface area contributed by atoms with Crippen molar-refractivity contribution in [3.05, 3.63) is 53.6 Å². The van der Waals surface area contributed by atoms with Crippen LogP contribution in [0.2, 0.25) is 0 Å². The van der Waals surface area contributed by atoms with Crippen molar-refractivity contribution >= 4 is 32.1 Å². The van der Waals surface area contributed by atoms with Crippen molar-refractivity contribution in [1.82, 2.24) is 5.32 Å². The number of fused-ring (bicyclic) bond motifs is 1. The number of rotatable bonds is 10. The van der Waals surface area contributed by atoms with Crippen LogP contribution < -0.4 is 14.9 Å². The van der Waals surface area contributed by atoms with Gasteiger partial charge in [-0.2, -0.15) is 0 Å². The van der Waals surface area contributed by atoms with Crippen LogP contribution in [-0.2, 0) is 33.7 Å². The fourth-order valence-corrected chi connectivity index (χ4v) is 6.89. The molecule has 2 aliphatic rings. The summed E-state index contributed by atoms with van der Waals surface area (Å²) in [4.78, 5) is 1.95. The van der Waals surface area contributed by atoms with Gasteiger partial charge in [0.25, 0.3) is 10.0 Å². The third-order valence-electron chi connectivity index (χ3n) is 6.95. The van der Waals surface area contributed by atoms with E-state index < -0.39 is 20.7 Å². The predicted octanol–water partition coefficient (Wildman–Crippen LogP) is 3.87. The van der Waals surface area contributed by atoms with Gasteiger partial charge in [-0.25, -0.2) is 16.8 Å². The number of hydrogen-bond acceptors (Lipinski definition) is 6. The van der Waals surface area contributed by atoms with E-state index in [-0.39, 0.29) is 10.8 Å². The quantitative estimate of drug-likeness (QED) is 0.425. The zero-order valence-electron chi connectivity index (χ0n) is 19.7. The second-order valence-electron chi connectivity index (χ2n) is 9.56. The highest BCUT2D eigenvalue weighted by Crippen LogP contribution is 2.31. The van der Waals surface area contributed by atoms with Crippen molar-refractivity contribution in [2.24, 2.45) is 5.92 Å². The minimum Gasteiger partial charge on any atom is -0.357 e. The van der Waals surface area contributed by atoms with Crippen molar-refractivity contribution in [1.29, 1.82) is 0 Å². The third kappa shape index (κ3) is 6.31. The highest BCUT2D eigenvalue weighted by atomic mass is 32.2. The average Bonchev–Trinajstić information content (AvgIpc) is 3.20. The van der Waals surface area contributed by atoms with Gasteiger partial charge in [-0.1, -0.05) is 50.3 Å². The van der Waals surface area contributed by atoms with Gasteiger partial charge in [-0.3, -0.25) is 4.72 Å². The molecule has 2 aromatic rings. The van der Waals surface area contributed by atoms with Crippen LogP contribution in [0.4, 0.5) is 11.4 Å². The molecule has 0 amide bonds. The minimum absolute atomic E-state index is 0.0494. The Kier molecular flexibility index (Phi) is 8.16. The van der Waals surface area contributed by atoms with Crippen LogP contribution in [0, 0.1) is 5.92 Å². The van der Waals surface area contributed by atoms with Crippen LogP contribution in [-0.4, -0.2) is 35.3 Å². The van der Waals surface area contributed by atoms with E-state index in [0.717, 1.165) is 29.2 Å². The standard InChI is InChI=1S/C25H35N3O4S2/c1-19(15-20-7-3-2-4-8-20)26-17-22-9-5-6-10-24(22)27-34(31,32)23-11-12-25-21(16-23)13-14-28(25)18-33(29)30/h5-6,9-12,16,19-20,26-27,33H,2-4,7-8,13-15,17-18H2,1H3. The summed E-state index contributed by atoms with van der Waals surface area (Å²) < 4.78 is 51.3. The maximum Gasteiger partial charge on any atom is 0.261 e. The van der Waals surface area contributed by atoms with Crippen LogP contribution in [0.15, 0.2) is 47.4 Å². The summed E-state index contributed by atoms with van der Waals surface area (Å²) in [5, 5.41) is 3.58. The van der Waals surface area contributed by atoms with Crippen LogP contribution in [0.1, 0.15) is 56.6 Å². The maximum absolute atomic E-state index is 13.2. The van der Waals surface area contributed by atoms with Gasteiger partial charge in [0.2, 0.25) is 0 Å². The van der Waals surface area contributed by atoms with Crippen LogP contribution in [0.5, 0.6) is 0 Å². The molecule has 4 rings (SSSR count). The molecule has 0 radical (unpaired) electrons. The average molecular weight is 506 g/mol. The van der Waals surface area contributed by atoms with E-state index >= 15 is 0 Å². The molecule has 0 aromatic heterocycles. The molecule has 1 fully saturated rings. The summed E-state index contributed by atoms with van der Waals surface area (Å²) in [5.41, 5.74) is 3.12. The molecule has 1 heterocycles. The van der Waals surface area contributed by atoms with Gasteiger partial charge < -0.3 is 10.2 Å². The van der Waals surface area contributed by atoms with E-state index in [0.29, 0.717) is 31.2 Å². The molecule has 1 unspecified atom stereocenters. The molecule has 1 saturated carbocycles. The Hall–Kier alpha value is -2.10. The van der Waals surface area contributed by atoms with Crippen LogP contribution >= 0.6 is 0 Å². The zero-order chi connectivity index (χ0) is 24.1. The van der Waals surface area contributed by atoms with E-state index in [2.05, 4.69) is 17.0 Å². The zero-order valence-corrected chi connectivity index (χ0v) is 21.4. The van der Waals surface area contributed by atoms with Crippen molar-refractivity contribution in [2.45, 2.75) is 69.4 Å². The molecular formula is C25H35N3O4S2. The van der Waals surface area contributed by atoms with Crippen molar-refractivity contribution in [3.63, 3.8) is 0 Å². The van der Waals surface area contributed by atoms with Gasteiger partial charge in [0.05, 0.1) is 10.6 Å². The number of para-hydroxylation sites is 1. The molecule has 0 bridgehead atoms. The minimum atomic E-state index is -3.77. The van der Waals surface area contributed by atoms with Gasteiger partial charge in [0.15, 0.2) is 10.7 Å². The molecular weight excluding hydrogens is 470 g/mol. The molecule has 1 aliphatic heterocycles. The molecule has 0 saturated heterocycles. The van der Waals surface area contributed by atoms with E-state index in [9.17, 15) is 16.8 Å². The second-order valence-corrected chi connectivity index (χ2v) is 12.2. The Labute approximate surface area is 204 Å². The van der Waals surface area contributed by atoms with Gasteiger partial charge in [-0.15, -0.1) is 0 Å². The number of nitrogens with zero attached hydrogens (tertiary/aromatic N) is 1. The molecule has 9 heteroatoms. The van der Waals surface area contributed by atoms with E-state index in [4.69, 9.17) is 0 Å². The molecule has 2 N–H and O–H groups in total. The Morgan fingerprint density at radius 1 is 1.09 bits per heavy atom. The Morgan fingerprint density at radius 3 is 2.62 bits per heavy atom. The summed E-state index contributed by atoms with van der Waals surface area (Å²) in [6, 6.07) is 12.8. The second kappa shape index (κ2) is 11.1. The summed E-state index contributed by atoms with van der Waals surface area (Å²) in [7, 11) is -6.30. The van der Waals surface area contributed by atoms with Crippen molar-refractivity contribution < 1.29 is 16.8 Å². The number of hydrogen-bond donors (Lipinski definition) is 3. The first-order chi connectivity index (χ1) is 16.3. The summed E-state index contributed by atoms with van der Waals surface area (Å²) in [6.45, 7) is 3.38. The highest BCUT2D eigenvalue weighted by Gasteiger charge is 2.24. The van der Waals surface area contributed by atoms with E-state index in [1.54, 1.807) is 29.2 Å². The number of sulfonamides is 1. The van der Waals surface area contributed by atoms with Crippen LogP contribution in [0.25, 0.3) is 0 Å². The fourth-order valence-electron chi connectivity index (χ4n) is 5.17. The van der Waals surface area contributed by atoms with Gasteiger partial charge in [0, 0.05) is 24.8 Å². The molecule has 2 aromatic carbocycles. The van der Waals surface area contributed by atoms with E-state index in [1.807, 2.05) is 18.2 Å². The molecule has 186 valence electrons. The summed E-state index contributed by atoms with van der Waals surface area (Å²) in [6.07, 6.45) is 8.44. The SMILES string of the molecule is CC(CC1CCCCC1)NCc1ccccc1NS(=O)(=O)c1ccc2c(c1)CCN2C[SH](=O)=O. The van der Waals surface area contributed by atoms with Crippen molar-refractivity contribution in [3.8, 4) is 0 Å².